The summed E-state index contributed by atoms with van der Waals surface area (Å²) in [6.45, 7) is 5.41. The average molecular weight is 348 g/mol. The number of hydrogen-bond donors (Lipinski definition) is 2. The van der Waals surface area contributed by atoms with Crippen molar-refractivity contribution in [1.82, 2.24) is 15.5 Å². The predicted molar refractivity (Wildman–Crippen MR) is 101 cm³/mol. The lowest BCUT2D eigenvalue weighted by molar-refractivity contribution is -0.122. The van der Waals surface area contributed by atoms with Crippen LogP contribution in [-0.2, 0) is 4.79 Å². The summed E-state index contributed by atoms with van der Waals surface area (Å²) >= 11 is 1.94. The second-order valence-corrected chi connectivity index (χ2v) is 8.04. The number of nitrogens with zero attached hydrogens (tertiary/aromatic N) is 1. The lowest BCUT2D eigenvalue weighted by Gasteiger charge is -2.36. The van der Waals surface area contributed by atoms with Crippen LogP contribution in [0.25, 0.3) is 0 Å². The van der Waals surface area contributed by atoms with Gasteiger partial charge in [-0.05, 0) is 25.3 Å². The second-order valence-electron chi connectivity index (χ2n) is 6.89. The van der Waals surface area contributed by atoms with Crippen molar-refractivity contribution in [2.75, 3.05) is 31.1 Å². The Kier molecular flexibility index (Phi) is 6.58. The van der Waals surface area contributed by atoms with Crippen LogP contribution in [0.1, 0.15) is 37.8 Å². The fourth-order valence-electron chi connectivity index (χ4n) is 3.63. The summed E-state index contributed by atoms with van der Waals surface area (Å²) in [5, 5.41) is 6.69. The summed E-state index contributed by atoms with van der Waals surface area (Å²) in [7, 11) is 0. The monoisotopic (exact) mass is 347 g/mol. The zero-order valence-electron chi connectivity index (χ0n) is 14.5. The molecule has 2 saturated heterocycles. The molecule has 0 saturated carbocycles. The number of nitrogens with one attached hydrogen (secondary N) is 2. The maximum absolute atomic E-state index is 12.2. The Labute approximate surface area is 149 Å². The highest BCUT2D eigenvalue weighted by Gasteiger charge is 2.25. The molecule has 1 aromatic carbocycles. The molecule has 2 unspecified atom stereocenters. The largest absolute Gasteiger partial charge is 0.353 e. The number of likely N-dealkylation sites (tertiary alicyclic amines) is 1. The third kappa shape index (κ3) is 4.98. The van der Waals surface area contributed by atoms with Crippen LogP contribution in [0, 0.1) is 0 Å². The summed E-state index contributed by atoms with van der Waals surface area (Å²) in [6, 6.07) is 11.8. The van der Waals surface area contributed by atoms with Crippen molar-refractivity contribution in [2.45, 2.75) is 44.3 Å². The van der Waals surface area contributed by atoms with Crippen LogP contribution in [0.3, 0.4) is 0 Å². The van der Waals surface area contributed by atoms with Gasteiger partial charge in [-0.2, -0.15) is 11.8 Å². The van der Waals surface area contributed by atoms with Crippen LogP contribution in [0.5, 0.6) is 0 Å². The Morgan fingerprint density at radius 1 is 1.33 bits per heavy atom. The van der Waals surface area contributed by atoms with E-state index in [-0.39, 0.29) is 5.91 Å². The molecule has 0 aliphatic carbocycles. The van der Waals surface area contributed by atoms with Gasteiger partial charge < -0.3 is 10.6 Å². The van der Waals surface area contributed by atoms with Crippen LogP contribution < -0.4 is 10.6 Å². The molecule has 4 nitrogen and oxygen atoms in total. The predicted octanol–water partition coefficient (Wildman–Crippen LogP) is 2.42. The molecule has 5 heteroatoms. The van der Waals surface area contributed by atoms with E-state index in [1.54, 1.807) is 0 Å². The van der Waals surface area contributed by atoms with E-state index in [0.29, 0.717) is 24.5 Å². The number of thioether (sulfide) groups is 1. The third-order valence-electron chi connectivity index (χ3n) is 5.15. The lowest BCUT2D eigenvalue weighted by atomic mass is 10.00. The molecule has 0 aromatic heterocycles. The van der Waals surface area contributed by atoms with Crippen molar-refractivity contribution in [2.24, 2.45) is 0 Å². The Bertz CT molecular complexity index is 511. The number of piperidine rings is 1. The van der Waals surface area contributed by atoms with Gasteiger partial charge in [0.05, 0.1) is 0 Å². The number of hydrogen-bond acceptors (Lipinski definition) is 4. The van der Waals surface area contributed by atoms with Crippen molar-refractivity contribution in [3.05, 3.63) is 35.9 Å². The Morgan fingerprint density at radius 2 is 2.08 bits per heavy atom. The molecular weight excluding hydrogens is 318 g/mol. The van der Waals surface area contributed by atoms with Crippen molar-refractivity contribution in [3.63, 3.8) is 0 Å². The first-order chi connectivity index (χ1) is 11.7. The van der Waals surface area contributed by atoms with Crippen molar-refractivity contribution in [1.29, 1.82) is 0 Å². The fourth-order valence-corrected chi connectivity index (χ4v) is 4.58. The van der Waals surface area contributed by atoms with E-state index in [1.807, 2.05) is 11.8 Å². The smallest absolute Gasteiger partial charge is 0.221 e. The normalized spacial score (nSPS) is 24.5. The molecule has 132 valence electrons. The molecular formula is C19H29N3OS. The van der Waals surface area contributed by atoms with E-state index in [2.05, 4.69) is 52.8 Å². The number of carbonyl (C=O) groups is 1. The number of benzene rings is 1. The quantitative estimate of drug-likeness (QED) is 0.859. The fraction of sp³-hybridized carbons (Fsp3) is 0.632. The van der Waals surface area contributed by atoms with Gasteiger partial charge in [-0.25, -0.2) is 0 Å². The van der Waals surface area contributed by atoms with E-state index in [4.69, 9.17) is 0 Å². The molecule has 3 rings (SSSR count). The Hall–Kier alpha value is -1.04. The van der Waals surface area contributed by atoms with Crippen molar-refractivity contribution < 1.29 is 4.79 Å². The summed E-state index contributed by atoms with van der Waals surface area (Å²) in [5.74, 6) is 2.43. The molecule has 2 aliphatic rings. The van der Waals surface area contributed by atoms with E-state index >= 15 is 0 Å². The van der Waals surface area contributed by atoms with Crippen molar-refractivity contribution in [3.8, 4) is 0 Å². The first kappa shape index (κ1) is 17.8. The standard InChI is InChI=1S/C19H29N3OS/c1-15(16-5-3-2-4-6-16)22-10-7-17(8-11-22)21-19(23)13-18-14-24-12-9-20-18/h2-6,15,17-18,20H,7-14H2,1H3,(H,21,23). The van der Waals surface area contributed by atoms with Gasteiger partial charge in [0.2, 0.25) is 5.91 Å². The molecule has 0 spiro atoms. The van der Waals surface area contributed by atoms with E-state index in [1.165, 1.54) is 5.56 Å². The highest BCUT2D eigenvalue weighted by molar-refractivity contribution is 7.99. The highest BCUT2D eigenvalue weighted by Crippen LogP contribution is 2.24. The minimum Gasteiger partial charge on any atom is -0.353 e. The Balaban J connectivity index is 1.41. The summed E-state index contributed by atoms with van der Waals surface area (Å²) in [5.41, 5.74) is 1.38. The topological polar surface area (TPSA) is 44.4 Å². The molecule has 2 N–H and O–H groups in total. The van der Waals surface area contributed by atoms with Crippen LogP contribution in [0.2, 0.25) is 0 Å². The van der Waals surface area contributed by atoms with Gasteiger partial charge in [-0.15, -0.1) is 0 Å². The molecule has 0 bridgehead atoms. The maximum Gasteiger partial charge on any atom is 0.221 e. The van der Waals surface area contributed by atoms with Gasteiger partial charge in [0.15, 0.2) is 0 Å². The maximum atomic E-state index is 12.2. The van der Waals surface area contributed by atoms with Gasteiger partial charge in [-0.3, -0.25) is 9.69 Å². The van der Waals surface area contributed by atoms with E-state index < -0.39 is 0 Å². The lowest BCUT2D eigenvalue weighted by Crippen LogP contribution is -2.47. The molecule has 1 aromatic rings. The van der Waals surface area contributed by atoms with Gasteiger partial charge in [0, 0.05) is 55.7 Å². The number of amides is 1. The van der Waals surface area contributed by atoms with Crippen LogP contribution in [-0.4, -0.2) is 54.0 Å². The van der Waals surface area contributed by atoms with Crippen molar-refractivity contribution >= 4 is 17.7 Å². The second kappa shape index (κ2) is 8.88. The molecule has 0 radical (unpaired) electrons. The van der Waals surface area contributed by atoms with Crippen LogP contribution in [0.15, 0.2) is 30.3 Å². The minimum atomic E-state index is 0.213. The summed E-state index contributed by atoms with van der Waals surface area (Å²) in [6.07, 6.45) is 2.72. The van der Waals surface area contributed by atoms with Crippen LogP contribution in [0.4, 0.5) is 0 Å². The summed E-state index contributed by atoms with van der Waals surface area (Å²) < 4.78 is 0. The zero-order chi connectivity index (χ0) is 16.8. The molecule has 24 heavy (non-hydrogen) atoms. The third-order valence-corrected chi connectivity index (χ3v) is 6.29. The first-order valence-electron chi connectivity index (χ1n) is 9.12. The average Bonchev–Trinajstić information content (AvgIpc) is 2.63. The van der Waals surface area contributed by atoms with Gasteiger partial charge in [0.1, 0.15) is 0 Å². The first-order valence-corrected chi connectivity index (χ1v) is 10.3. The minimum absolute atomic E-state index is 0.213. The number of rotatable bonds is 5. The van der Waals surface area contributed by atoms with E-state index in [9.17, 15) is 4.79 Å². The summed E-state index contributed by atoms with van der Waals surface area (Å²) in [4.78, 5) is 14.8. The van der Waals surface area contributed by atoms with E-state index in [0.717, 1.165) is 44.0 Å². The van der Waals surface area contributed by atoms with Gasteiger partial charge in [-0.1, -0.05) is 30.3 Å². The Morgan fingerprint density at radius 3 is 2.75 bits per heavy atom. The zero-order valence-corrected chi connectivity index (χ0v) is 15.4. The van der Waals surface area contributed by atoms with Crippen LogP contribution >= 0.6 is 11.8 Å². The molecule has 2 aliphatic heterocycles. The molecule has 2 fully saturated rings. The number of carbonyl (C=O) groups excluding carboxylic acids is 1. The molecule has 2 atom stereocenters. The van der Waals surface area contributed by atoms with Gasteiger partial charge in [0.25, 0.3) is 0 Å². The molecule has 1 amide bonds. The van der Waals surface area contributed by atoms with Gasteiger partial charge >= 0.3 is 0 Å². The highest BCUT2D eigenvalue weighted by atomic mass is 32.2. The molecule has 2 heterocycles. The SMILES string of the molecule is CC(c1ccccc1)N1CCC(NC(=O)CC2CSCCN2)CC1.